The zero-order chi connectivity index (χ0) is 14.4. The number of tetrazole rings is 1. The van der Waals surface area contributed by atoms with Gasteiger partial charge in [-0.1, -0.05) is 30.3 Å². The van der Waals surface area contributed by atoms with E-state index in [1.807, 2.05) is 13.0 Å². The molecule has 104 valence electrons. The van der Waals surface area contributed by atoms with Gasteiger partial charge in [-0.05, 0) is 58.2 Å². The molecular formula is C16H13ClN4. The minimum atomic E-state index is -0.231. The maximum absolute atomic E-state index is 6.13. The lowest BCUT2D eigenvalue weighted by atomic mass is 10.1. The summed E-state index contributed by atoms with van der Waals surface area (Å²) in [5.41, 5.74) is 6.24. The van der Waals surface area contributed by atoms with E-state index in [0.717, 1.165) is 12.1 Å². The highest BCUT2D eigenvalue weighted by Crippen LogP contribution is 2.37. The van der Waals surface area contributed by atoms with Gasteiger partial charge in [0.2, 0.25) is 0 Å². The van der Waals surface area contributed by atoms with E-state index >= 15 is 0 Å². The van der Waals surface area contributed by atoms with Crippen molar-refractivity contribution >= 4 is 11.6 Å². The summed E-state index contributed by atoms with van der Waals surface area (Å²) in [7, 11) is 0. The lowest BCUT2D eigenvalue weighted by Gasteiger charge is -2.08. The van der Waals surface area contributed by atoms with Crippen LogP contribution in [0.3, 0.4) is 0 Å². The van der Waals surface area contributed by atoms with Crippen LogP contribution >= 0.6 is 11.6 Å². The third kappa shape index (κ3) is 1.94. The standard InChI is InChI=1S/C16H13ClN4/c1-10(17)16-18-19-20-21(16)13-6-7-15-12(9-13)8-11-4-2-3-5-14(11)15/h2-7,9-10H,8H2,1H3. The van der Waals surface area contributed by atoms with Crippen LogP contribution in [0.25, 0.3) is 16.8 Å². The topological polar surface area (TPSA) is 43.6 Å². The largest absolute Gasteiger partial charge is 0.196 e. The fourth-order valence-electron chi connectivity index (χ4n) is 2.89. The summed E-state index contributed by atoms with van der Waals surface area (Å²) in [6.07, 6.45) is 0.952. The summed E-state index contributed by atoms with van der Waals surface area (Å²) in [6.45, 7) is 1.87. The van der Waals surface area contributed by atoms with E-state index in [9.17, 15) is 0 Å². The Bertz CT molecular complexity index is 823. The lowest BCUT2D eigenvalue weighted by molar-refractivity contribution is 0.760. The lowest BCUT2D eigenvalue weighted by Crippen LogP contribution is -2.04. The molecule has 1 aromatic heterocycles. The van der Waals surface area contributed by atoms with Crippen LogP contribution < -0.4 is 0 Å². The molecule has 3 aromatic rings. The Morgan fingerprint density at radius 2 is 1.90 bits per heavy atom. The average molecular weight is 297 g/mol. The first-order valence-corrected chi connectivity index (χ1v) is 7.31. The zero-order valence-corrected chi connectivity index (χ0v) is 12.2. The summed E-state index contributed by atoms with van der Waals surface area (Å²) in [5.74, 6) is 0.659. The van der Waals surface area contributed by atoms with Crippen molar-refractivity contribution in [2.45, 2.75) is 18.7 Å². The van der Waals surface area contributed by atoms with E-state index in [1.54, 1.807) is 4.68 Å². The van der Waals surface area contributed by atoms with Crippen LogP contribution in [0.4, 0.5) is 0 Å². The van der Waals surface area contributed by atoms with Crippen molar-refractivity contribution in [2.75, 3.05) is 0 Å². The zero-order valence-electron chi connectivity index (χ0n) is 11.5. The second kappa shape index (κ2) is 4.67. The van der Waals surface area contributed by atoms with Crippen LogP contribution in [-0.4, -0.2) is 20.2 Å². The fraction of sp³-hybridized carbons (Fsp3) is 0.188. The molecule has 0 spiro atoms. The Balaban J connectivity index is 1.82. The minimum Gasteiger partial charge on any atom is -0.196 e. The Hall–Kier alpha value is -2.20. The molecular weight excluding hydrogens is 284 g/mol. The number of hydrogen-bond acceptors (Lipinski definition) is 3. The Kier molecular flexibility index (Phi) is 2.79. The monoisotopic (exact) mass is 296 g/mol. The molecule has 0 radical (unpaired) electrons. The van der Waals surface area contributed by atoms with Crippen molar-refractivity contribution in [3.05, 3.63) is 59.4 Å². The van der Waals surface area contributed by atoms with E-state index in [1.165, 1.54) is 22.3 Å². The second-order valence-electron chi connectivity index (χ2n) is 5.24. The van der Waals surface area contributed by atoms with Gasteiger partial charge in [-0.25, -0.2) is 0 Å². The quantitative estimate of drug-likeness (QED) is 0.531. The predicted octanol–water partition coefficient (Wildman–Crippen LogP) is 3.53. The molecule has 21 heavy (non-hydrogen) atoms. The van der Waals surface area contributed by atoms with E-state index in [0.29, 0.717) is 5.82 Å². The number of nitrogens with zero attached hydrogens (tertiary/aromatic N) is 4. The number of aromatic nitrogens is 4. The molecule has 4 rings (SSSR count). The highest BCUT2D eigenvalue weighted by Gasteiger charge is 2.20. The molecule has 1 aliphatic rings. The molecule has 4 nitrogen and oxygen atoms in total. The summed E-state index contributed by atoms with van der Waals surface area (Å²) in [4.78, 5) is 0. The summed E-state index contributed by atoms with van der Waals surface area (Å²) in [5, 5.41) is 11.5. The van der Waals surface area contributed by atoms with E-state index < -0.39 is 0 Å². The molecule has 0 fully saturated rings. The van der Waals surface area contributed by atoms with Gasteiger partial charge in [0, 0.05) is 0 Å². The van der Waals surface area contributed by atoms with Gasteiger partial charge in [-0.3, -0.25) is 0 Å². The van der Waals surface area contributed by atoms with Gasteiger partial charge in [0.25, 0.3) is 0 Å². The maximum Gasteiger partial charge on any atom is 0.174 e. The van der Waals surface area contributed by atoms with Gasteiger partial charge in [0.05, 0.1) is 11.1 Å². The molecule has 0 saturated carbocycles. The number of benzene rings is 2. The summed E-state index contributed by atoms with van der Waals surface area (Å²) in [6, 6.07) is 14.8. The molecule has 1 aliphatic carbocycles. The third-order valence-electron chi connectivity index (χ3n) is 3.87. The maximum atomic E-state index is 6.13. The Morgan fingerprint density at radius 1 is 1.10 bits per heavy atom. The molecule has 1 heterocycles. The van der Waals surface area contributed by atoms with E-state index in [4.69, 9.17) is 11.6 Å². The van der Waals surface area contributed by atoms with Crippen LogP contribution in [0, 0.1) is 0 Å². The molecule has 0 amide bonds. The van der Waals surface area contributed by atoms with Crippen LogP contribution in [0.5, 0.6) is 0 Å². The number of halogens is 1. The minimum absolute atomic E-state index is 0.231. The van der Waals surface area contributed by atoms with Gasteiger partial charge < -0.3 is 0 Å². The Labute approximate surface area is 127 Å². The van der Waals surface area contributed by atoms with Crippen molar-refractivity contribution in [2.24, 2.45) is 0 Å². The number of alkyl halides is 1. The van der Waals surface area contributed by atoms with Crippen molar-refractivity contribution in [3.8, 4) is 16.8 Å². The first kappa shape index (κ1) is 12.5. The van der Waals surface area contributed by atoms with Gasteiger partial charge in [-0.2, -0.15) is 4.68 Å². The number of hydrogen-bond donors (Lipinski definition) is 0. The average Bonchev–Trinajstić information content (AvgIpc) is 3.11. The molecule has 0 N–H and O–H groups in total. The fourth-order valence-corrected chi connectivity index (χ4v) is 3.03. The van der Waals surface area contributed by atoms with E-state index in [-0.39, 0.29) is 5.38 Å². The molecule has 1 atom stereocenters. The van der Waals surface area contributed by atoms with Crippen LogP contribution in [0.15, 0.2) is 42.5 Å². The van der Waals surface area contributed by atoms with Crippen LogP contribution in [0.2, 0.25) is 0 Å². The second-order valence-corrected chi connectivity index (χ2v) is 5.89. The third-order valence-corrected chi connectivity index (χ3v) is 4.07. The molecule has 5 heteroatoms. The van der Waals surface area contributed by atoms with Crippen molar-refractivity contribution in [1.82, 2.24) is 20.2 Å². The van der Waals surface area contributed by atoms with Crippen LogP contribution in [-0.2, 0) is 6.42 Å². The van der Waals surface area contributed by atoms with Crippen molar-refractivity contribution in [3.63, 3.8) is 0 Å². The first-order valence-electron chi connectivity index (χ1n) is 6.88. The summed E-state index contributed by atoms with van der Waals surface area (Å²) >= 11 is 6.13. The van der Waals surface area contributed by atoms with Crippen molar-refractivity contribution in [1.29, 1.82) is 0 Å². The van der Waals surface area contributed by atoms with Crippen LogP contribution in [0.1, 0.15) is 29.3 Å². The molecule has 0 bridgehead atoms. The highest BCUT2D eigenvalue weighted by molar-refractivity contribution is 6.20. The van der Waals surface area contributed by atoms with Gasteiger partial charge >= 0.3 is 0 Å². The Morgan fingerprint density at radius 3 is 2.76 bits per heavy atom. The van der Waals surface area contributed by atoms with Gasteiger partial charge in [0.15, 0.2) is 5.82 Å². The number of fused-ring (bicyclic) bond motifs is 3. The molecule has 1 unspecified atom stereocenters. The molecule has 0 aliphatic heterocycles. The SMILES string of the molecule is CC(Cl)c1nnnn1-c1ccc2c(c1)Cc1ccccc1-2. The van der Waals surface area contributed by atoms with Crippen molar-refractivity contribution < 1.29 is 0 Å². The predicted molar refractivity (Wildman–Crippen MR) is 81.7 cm³/mol. The summed E-state index contributed by atoms with van der Waals surface area (Å²) < 4.78 is 1.71. The smallest absolute Gasteiger partial charge is 0.174 e. The molecule has 2 aromatic carbocycles. The highest BCUT2D eigenvalue weighted by atomic mass is 35.5. The normalized spacial score (nSPS) is 13.8. The van der Waals surface area contributed by atoms with Gasteiger partial charge in [0.1, 0.15) is 0 Å². The first-order chi connectivity index (χ1) is 10.2. The van der Waals surface area contributed by atoms with Gasteiger partial charge in [-0.15, -0.1) is 16.7 Å². The van der Waals surface area contributed by atoms with E-state index in [2.05, 4.69) is 51.9 Å². The number of rotatable bonds is 2. The molecule has 0 saturated heterocycles.